The van der Waals surface area contributed by atoms with Crippen molar-refractivity contribution >= 4 is 0 Å². The van der Waals surface area contributed by atoms with Crippen LogP contribution in [0.15, 0.2) is 48.7 Å². The summed E-state index contributed by atoms with van der Waals surface area (Å²) in [5.74, 6) is 0. The molecule has 0 saturated carbocycles. The summed E-state index contributed by atoms with van der Waals surface area (Å²) in [7, 11) is 0. The van der Waals surface area contributed by atoms with Gasteiger partial charge in [0.25, 0.3) is 0 Å². The monoisotopic (exact) mass is 179 g/mol. The first-order valence-corrected chi connectivity index (χ1v) is 4.67. The molecule has 0 bridgehead atoms. The van der Waals surface area contributed by atoms with Gasteiger partial charge < -0.3 is 5.73 Å². The molecule has 0 aromatic rings. The lowest BCUT2D eigenvalue weighted by Gasteiger charge is -1.96. The van der Waals surface area contributed by atoms with Crippen molar-refractivity contribution in [3.05, 3.63) is 48.7 Å². The van der Waals surface area contributed by atoms with E-state index in [1.54, 1.807) is 12.2 Å². The summed E-state index contributed by atoms with van der Waals surface area (Å²) >= 11 is 0. The van der Waals surface area contributed by atoms with Gasteiger partial charge in [0, 0.05) is 5.70 Å². The minimum Gasteiger partial charge on any atom is -0.398 e. The highest BCUT2D eigenvalue weighted by Crippen LogP contribution is 2.03. The molecule has 0 saturated heterocycles. The maximum atomic E-state index is 5.61. The molecule has 0 aromatic heterocycles. The van der Waals surface area contributed by atoms with Gasteiger partial charge in [0.2, 0.25) is 0 Å². The molecule has 1 nitrogen and oxygen atoms in total. The maximum Gasteiger partial charge on any atom is 0.0381 e. The van der Waals surface area contributed by atoms with E-state index in [2.05, 4.69) is 20.1 Å². The molecule has 13 heavy (non-hydrogen) atoms. The van der Waals surface area contributed by atoms with Crippen LogP contribution < -0.4 is 5.73 Å². The molecule has 0 spiro atoms. The summed E-state index contributed by atoms with van der Waals surface area (Å²) in [6.45, 7) is 13.3. The maximum absolute atomic E-state index is 5.61. The molecule has 0 atom stereocenters. The van der Waals surface area contributed by atoms with Crippen LogP contribution >= 0.6 is 0 Å². The van der Waals surface area contributed by atoms with E-state index >= 15 is 0 Å². The second-order valence-corrected chi connectivity index (χ2v) is 2.13. The lowest BCUT2D eigenvalue weighted by atomic mass is 10.2. The van der Waals surface area contributed by atoms with Crippen LogP contribution in [0.5, 0.6) is 0 Å². The quantitative estimate of drug-likeness (QED) is 0.656. The average molecular weight is 179 g/mol. The van der Waals surface area contributed by atoms with Crippen LogP contribution in [-0.4, -0.2) is 0 Å². The zero-order valence-electron chi connectivity index (χ0n) is 9.01. The largest absolute Gasteiger partial charge is 0.398 e. The second-order valence-electron chi connectivity index (χ2n) is 2.13. The van der Waals surface area contributed by atoms with Gasteiger partial charge >= 0.3 is 0 Å². The molecule has 0 aromatic carbocycles. The molecule has 0 radical (unpaired) electrons. The Kier molecular flexibility index (Phi) is 11.8. The predicted octanol–water partition coefficient (Wildman–Crippen LogP) is 3.56. The molecule has 0 heterocycles. The smallest absolute Gasteiger partial charge is 0.0381 e. The fourth-order valence-corrected chi connectivity index (χ4v) is 0.645. The molecule has 74 valence electrons. The molecule has 0 fully saturated rings. The highest BCUT2D eigenvalue weighted by Gasteiger charge is 1.88. The average Bonchev–Trinajstić information content (AvgIpc) is 2.21. The number of hydrogen-bond acceptors (Lipinski definition) is 1. The van der Waals surface area contributed by atoms with Gasteiger partial charge in [0.15, 0.2) is 0 Å². The van der Waals surface area contributed by atoms with E-state index in [0.29, 0.717) is 5.70 Å². The van der Waals surface area contributed by atoms with Crippen LogP contribution in [0.2, 0.25) is 0 Å². The molecule has 0 unspecified atom stereocenters. The Morgan fingerprint density at radius 1 is 1.23 bits per heavy atom. The number of rotatable bonds is 4. The summed E-state index contributed by atoms with van der Waals surface area (Å²) in [4.78, 5) is 0. The predicted molar refractivity (Wildman–Crippen MR) is 62.4 cm³/mol. The Labute approximate surface area is 82.3 Å². The molecule has 0 rings (SSSR count). The standard InChI is InChI=1S/C10H15N.C2H6/c1-4-7-8-9(5-2)10(11)6-3;1-2/h5-8H,2-4,11H2,1H3;1-2H3/b8-7-,10-9+;. The van der Waals surface area contributed by atoms with Gasteiger partial charge in [-0.2, -0.15) is 0 Å². The first-order valence-electron chi connectivity index (χ1n) is 4.67. The first-order chi connectivity index (χ1) is 6.26. The molecule has 2 N–H and O–H groups in total. The van der Waals surface area contributed by atoms with Gasteiger partial charge in [-0.05, 0) is 18.1 Å². The van der Waals surface area contributed by atoms with Crippen LogP contribution in [0.25, 0.3) is 0 Å². The third-order valence-corrected chi connectivity index (χ3v) is 1.31. The van der Waals surface area contributed by atoms with E-state index in [1.165, 1.54) is 0 Å². The summed E-state index contributed by atoms with van der Waals surface area (Å²) in [6, 6.07) is 0. The highest BCUT2D eigenvalue weighted by molar-refractivity contribution is 5.37. The normalized spacial score (nSPS) is 11.3. The second kappa shape index (κ2) is 10.8. The Hall–Kier alpha value is -1.24. The first kappa shape index (κ1) is 14.3. The van der Waals surface area contributed by atoms with Gasteiger partial charge in [-0.15, -0.1) is 0 Å². The summed E-state index contributed by atoms with van der Waals surface area (Å²) in [5.41, 5.74) is 7.21. The van der Waals surface area contributed by atoms with Crippen LogP contribution in [0, 0.1) is 0 Å². The zero-order valence-corrected chi connectivity index (χ0v) is 9.01. The van der Waals surface area contributed by atoms with Gasteiger partial charge in [-0.25, -0.2) is 0 Å². The number of allylic oxidation sites excluding steroid dienone is 5. The van der Waals surface area contributed by atoms with E-state index in [9.17, 15) is 0 Å². The summed E-state index contributed by atoms with van der Waals surface area (Å²) in [6.07, 6.45) is 8.33. The molecule has 0 amide bonds. The van der Waals surface area contributed by atoms with Crippen LogP contribution in [0.3, 0.4) is 0 Å². The molecule has 0 aliphatic heterocycles. The molecular formula is C12H21N. The molecule has 0 aliphatic carbocycles. The van der Waals surface area contributed by atoms with Crippen molar-refractivity contribution in [2.24, 2.45) is 5.73 Å². The van der Waals surface area contributed by atoms with E-state index in [-0.39, 0.29) is 0 Å². The van der Waals surface area contributed by atoms with Crippen molar-refractivity contribution in [1.82, 2.24) is 0 Å². The fraction of sp³-hybridized carbons (Fsp3) is 0.333. The van der Waals surface area contributed by atoms with Crippen LogP contribution in [0.1, 0.15) is 27.2 Å². The van der Waals surface area contributed by atoms with E-state index in [1.807, 2.05) is 26.0 Å². The van der Waals surface area contributed by atoms with E-state index in [4.69, 9.17) is 5.73 Å². The van der Waals surface area contributed by atoms with Crippen LogP contribution in [-0.2, 0) is 0 Å². The lowest BCUT2D eigenvalue weighted by molar-refractivity contribution is 1.22. The number of hydrogen-bond donors (Lipinski definition) is 1. The summed E-state index contributed by atoms with van der Waals surface area (Å²) in [5, 5.41) is 0. The third kappa shape index (κ3) is 7.13. The number of nitrogens with two attached hydrogens (primary N) is 1. The minimum atomic E-state index is 0.671. The van der Waals surface area contributed by atoms with E-state index < -0.39 is 0 Å². The zero-order chi connectivity index (χ0) is 10.7. The fourth-order valence-electron chi connectivity index (χ4n) is 0.645. The van der Waals surface area contributed by atoms with Crippen molar-refractivity contribution in [3.8, 4) is 0 Å². The molecule has 1 heteroatoms. The highest BCUT2D eigenvalue weighted by atomic mass is 14.6. The van der Waals surface area contributed by atoms with Gasteiger partial charge in [0.1, 0.15) is 0 Å². The Morgan fingerprint density at radius 3 is 2.08 bits per heavy atom. The topological polar surface area (TPSA) is 26.0 Å². The minimum absolute atomic E-state index is 0.671. The van der Waals surface area contributed by atoms with Crippen molar-refractivity contribution in [2.75, 3.05) is 0 Å². The van der Waals surface area contributed by atoms with Crippen LogP contribution in [0.4, 0.5) is 0 Å². The van der Waals surface area contributed by atoms with Crippen molar-refractivity contribution in [1.29, 1.82) is 0 Å². The SMILES string of the molecule is C=C/C(N)=C(C=C)\C=C/CC.CC. The Bertz CT molecular complexity index is 197. The third-order valence-electron chi connectivity index (χ3n) is 1.31. The Morgan fingerprint density at radius 2 is 1.77 bits per heavy atom. The molecular weight excluding hydrogens is 158 g/mol. The van der Waals surface area contributed by atoms with Gasteiger partial charge in [0.05, 0.1) is 0 Å². The lowest BCUT2D eigenvalue weighted by Crippen LogP contribution is -1.95. The van der Waals surface area contributed by atoms with Gasteiger partial charge in [-0.1, -0.05) is 52.2 Å². The summed E-state index contributed by atoms with van der Waals surface area (Å²) < 4.78 is 0. The van der Waals surface area contributed by atoms with E-state index in [0.717, 1.165) is 12.0 Å². The van der Waals surface area contributed by atoms with Crippen molar-refractivity contribution < 1.29 is 0 Å². The van der Waals surface area contributed by atoms with Crippen molar-refractivity contribution in [3.63, 3.8) is 0 Å². The van der Waals surface area contributed by atoms with Crippen molar-refractivity contribution in [2.45, 2.75) is 27.2 Å². The Balaban J connectivity index is 0. The molecule has 0 aliphatic rings. The van der Waals surface area contributed by atoms with Gasteiger partial charge in [-0.3, -0.25) is 0 Å².